The molecule has 12 nitrogen and oxygen atoms in total. The summed E-state index contributed by atoms with van der Waals surface area (Å²) in [5, 5.41) is 43.5. The van der Waals surface area contributed by atoms with Crippen LogP contribution in [0.5, 0.6) is 0 Å². The summed E-state index contributed by atoms with van der Waals surface area (Å²) >= 11 is 0. The van der Waals surface area contributed by atoms with E-state index in [1.807, 2.05) is 32.6 Å². The Bertz CT molecular complexity index is 713. The fraction of sp³-hybridized carbons (Fsp3) is 0.806. The molecule has 0 saturated heterocycles. The van der Waals surface area contributed by atoms with Crippen LogP contribution in [0.4, 0.5) is 0 Å². The number of hydroxylamine groups is 2. The van der Waals surface area contributed by atoms with E-state index in [1.54, 1.807) is 0 Å². The number of aliphatic hydroxyl groups excluding tert-OH is 4. The van der Waals surface area contributed by atoms with Crippen molar-refractivity contribution in [2.45, 2.75) is 77.9 Å². The standard InChI is InChI=1S/C31H60N2O10/c1-9-10-11-38-22-31(37)23-42-43-33(15-30(36)21-41-18-26(6)7)12-27(8)32(13-28(34)19-39-16-24(2)3)14-29(35)20-40-17-25(4)5/h27-31,34-37H,2,4,6,9-23H2,1,3,5,7-8H3. The Morgan fingerprint density at radius 2 is 1.07 bits per heavy atom. The highest BCUT2D eigenvalue weighted by molar-refractivity contribution is 4.89. The number of nitrogens with zero attached hydrogens (tertiary/aromatic N) is 2. The molecule has 0 rings (SSSR count). The van der Waals surface area contributed by atoms with Crippen molar-refractivity contribution in [3.8, 4) is 0 Å². The van der Waals surface area contributed by atoms with Gasteiger partial charge < -0.3 is 39.4 Å². The molecule has 0 spiro atoms. The van der Waals surface area contributed by atoms with E-state index < -0.39 is 24.4 Å². The van der Waals surface area contributed by atoms with Gasteiger partial charge in [-0.1, -0.05) is 49.8 Å². The van der Waals surface area contributed by atoms with E-state index in [1.165, 1.54) is 5.06 Å². The molecule has 5 unspecified atom stereocenters. The molecule has 0 radical (unpaired) electrons. The smallest absolute Gasteiger partial charge is 0.112 e. The highest BCUT2D eigenvalue weighted by Crippen LogP contribution is 2.10. The maximum absolute atomic E-state index is 10.7. The minimum atomic E-state index is -0.909. The van der Waals surface area contributed by atoms with Crippen LogP contribution >= 0.6 is 0 Å². The molecule has 0 aliphatic heterocycles. The van der Waals surface area contributed by atoms with Gasteiger partial charge in [-0.05, 0) is 34.1 Å². The lowest BCUT2D eigenvalue weighted by molar-refractivity contribution is -0.436. The highest BCUT2D eigenvalue weighted by atomic mass is 17.3. The van der Waals surface area contributed by atoms with Crippen molar-refractivity contribution < 1.29 is 49.2 Å². The van der Waals surface area contributed by atoms with E-state index in [0.717, 1.165) is 29.6 Å². The summed E-state index contributed by atoms with van der Waals surface area (Å²) < 4.78 is 22.0. The van der Waals surface area contributed by atoms with Crippen molar-refractivity contribution >= 4 is 0 Å². The van der Waals surface area contributed by atoms with Crippen molar-refractivity contribution in [1.82, 2.24) is 9.96 Å². The summed E-state index contributed by atoms with van der Waals surface area (Å²) in [7, 11) is 0. The van der Waals surface area contributed by atoms with E-state index in [-0.39, 0.29) is 65.3 Å². The molecule has 0 heterocycles. The van der Waals surface area contributed by atoms with Crippen molar-refractivity contribution in [2.24, 2.45) is 0 Å². The van der Waals surface area contributed by atoms with Crippen LogP contribution in [-0.4, -0.2) is 146 Å². The molecule has 0 saturated carbocycles. The van der Waals surface area contributed by atoms with Gasteiger partial charge in [0.1, 0.15) is 12.7 Å². The number of unbranched alkanes of at least 4 members (excludes halogenated alkanes) is 1. The molecule has 0 aliphatic carbocycles. The molecule has 0 aromatic rings. The minimum Gasteiger partial charge on any atom is -0.389 e. The zero-order chi connectivity index (χ0) is 32.6. The van der Waals surface area contributed by atoms with Gasteiger partial charge in [-0.25, -0.2) is 4.89 Å². The first-order chi connectivity index (χ1) is 20.3. The average molecular weight is 621 g/mol. The Morgan fingerprint density at radius 1 is 0.628 bits per heavy atom. The van der Waals surface area contributed by atoms with Gasteiger partial charge in [-0.3, -0.25) is 4.90 Å². The van der Waals surface area contributed by atoms with Gasteiger partial charge in [-0.2, -0.15) is 5.06 Å². The molecule has 5 atom stereocenters. The summed E-state index contributed by atoms with van der Waals surface area (Å²) in [5.74, 6) is 0. The fourth-order valence-corrected chi connectivity index (χ4v) is 3.72. The Hall–Kier alpha value is -1.26. The first kappa shape index (κ1) is 41.7. The van der Waals surface area contributed by atoms with Gasteiger partial charge in [-0.15, -0.1) is 4.99 Å². The Kier molecular flexibility index (Phi) is 25.2. The maximum Gasteiger partial charge on any atom is 0.112 e. The second-order valence-corrected chi connectivity index (χ2v) is 11.5. The molecule has 0 aliphatic rings. The van der Waals surface area contributed by atoms with E-state index in [4.69, 9.17) is 28.8 Å². The summed E-state index contributed by atoms with van der Waals surface area (Å²) in [6, 6.07) is -0.291. The molecule has 254 valence electrons. The largest absolute Gasteiger partial charge is 0.389 e. The van der Waals surface area contributed by atoms with Crippen molar-refractivity contribution in [3.05, 3.63) is 36.5 Å². The van der Waals surface area contributed by atoms with Gasteiger partial charge in [0.25, 0.3) is 0 Å². The molecule has 0 bridgehead atoms. The minimum absolute atomic E-state index is 0.0337. The van der Waals surface area contributed by atoms with Gasteiger partial charge in [0.05, 0.1) is 71.1 Å². The van der Waals surface area contributed by atoms with E-state index in [2.05, 4.69) is 26.7 Å². The van der Waals surface area contributed by atoms with Crippen LogP contribution in [0.2, 0.25) is 0 Å². The second kappa shape index (κ2) is 26.0. The summed E-state index contributed by atoms with van der Waals surface area (Å²) in [4.78, 5) is 12.7. The molecule has 12 heteroatoms. The lowest BCUT2D eigenvalue weighted by Gasteiger charge is -2.35. The van der Waals surface area contributed by atoms with Crippen molar-refractivity contribution in [1.29, 1.82) is 0 Å². The van der Waals surface area contributed by atoms with Gasteiger partial charge in [0, 0.05) is 32.3 Å². The predicted molar refractivity (Wildman–Crippen MR) is 166 cm³/mol. The zero-order valence-electron chi connectivity index (χ0n) is 27.2. The van der Waals surface area contributed by atoms with Gasteiger partial charge in [0.15, 0.2) is 0 Å². The van der Waals surface area contributed by atoms with Crippen LogP contribution in [0.25, 0.3) is 0 Å². The molecule has 4 N–H and O–H groups in total. The SMILES string of the molecule is C=C(C)COCC(O)CN(CC(C)N(CC(O)COCC(=C)C)CC(O)COCC(=C)C)OOCC(O)COCCCC. The third-order valence-corrected chi connectivity index (χ3v) is 5.74. The third-order valence-electron chi connectivity index (χ3n) is 5.74. The van der Waals surface area contributed by atoms with Gasteiger partial charge >= 0.3 is 0 Å². The Morgan fingerprint density at radius 3 is 1.51 bits per heavy atom. The molecule has 0 aromatic carbocycles. The van der Waals surface area contributed by atoms with Crippen LogP contribution in [0, 0.1) is 0 Å². The number of hydrogen-bond acceptors (Lipinski definition) is 12. The summed E-state index contributed by atoms with van der Waals surface area (Å²) in [5.41, 5.74) is 2.53. The second-order valence-electron chi connectivity index (χ2n) is 11.5. The molecule has 43 heavy (non-hydrogen) atoms. The molecule has 0 amide bonds. The zero-order valence-corrected chi connectivity index (χ0v) is 27.2. The molecule has 0 fully saturated rings. The quantitative estimate of drug-likeness (QED) is 0.0403. The molecular formula is C31H60N2O10. The van der Waals surface area contributed by atoms with E-state index >= 15 is 0 Å². The highest BCUT2D eigenvalue weighted by Gasteiger charge is 2.25. The van der Waals surface area contributed by atoms with Gasteiger partial charge in [0.2, 0.25) is 0 Å². The van der Waals surface area contributed by atoms with Crippen LogP contribution in [0.15, 0.2) is 36.5 Å². The van der Waals surface area contributed by atoms with Crippen LogP contribution in [-0.2, 0) is 28.8 Å². The number of hydrogen-bond donors (Lipinski definition) is 4. The Labute approximate surface area is 259 Å². The number of rotatable bonds is 30. The summed E-state index contributed by atoms with van der Waals surface area (Å²) in [6.45, 7) is 23.3. The van der Waals surface area contributed by atoms with Crippen molar-refractivity contribution in [3.63, 3.8) is 0 Å². The van der Waals surface area contributed by atoms with Crippen molar-refractivity contribution in [2.75, 3.05) is 85.6 Å². The Balaban J connectivity index is 5.38. The van der Waals surface area contributed by atoms with Crippen LogP contribution < -0.4 is 0 Å². The van der Waals surface area contributed by atoms with Crippen LogP contribution in [0.3, 0.4) is 0 Å². The third kappa shape index (κ3) is 25.7. The lowest BCUT2D eigenvalue weighted by Crippen LogP contribution is -2.50. The maximum atomic E-state index is 10.7. The normalized spacial score (nSPS) is 15.4. The molecule has 0 aromatic heterocycles. The molecular weight excluding hydrogens is 560 g/mol. The topological polar surface area (TPSA) is 143 Å². The average Bonchev–Trinajstić information content (AvgIpc) is 2.90. The first-order valence-corrected chi connectivity index (χ1v) is 15.1. The number of ether oxygens (including phenoxy) is 4. The first-order valence-electron chi connectivity index (χ1n) is 15.1. The fourth-order valence-electron chi connectivity index (χ4n) is 3.72. The lowest BCUT2D eigenvalue weighted by atomic mass is 10.2. The monoisotopic (exact) mass is 620 g/mol. The van der Waals surface area contributed by atoms with E-state index in [9.17, 15) is 20.4 Å². The van der Waals surface area contributed by atoms with Crippen LogP contribution in [0.1, 0.15) is 47.5 Å². The predicted octanol–water partition coefficient (Wildman–Crippen LogP) is 1.88. The summed E-state index contributed by atoms with van der Waals surface area (Å²) in [6.07, 6.45) is -1.57. The van der Waals surface area contributed by atoms with E-state index in [0.29, 0.717) is 26.4 Å². The number of aliphatic hydroxyl groups is 4.